The molecule has 1 aliphatic rings. The van der Waals surface area contributed by atoms with Crippen molar-refractivity contribution in [3.8, 4) is 0 Å². The van der Waals surface area contributed by atoms with Crippen LogP contribution in [-0.4, -0.2) is 29.7 Å². The quantitative estimate of drug-likeness (QED) is 0.770. The minimum atomic E-state index is -0.473. The van der Waals surface area contributed by atoms with E-state index in [1.165, 1.54) is 0 Å². The summed E-state index contributed by atoms with van der Waals surface area (Å²) >= 11 is 0. The molecule has 1 atom stereocenters. The smallest absolute Gasteiger partial charge is 0.407 e. The van der Waals surface area contributed by atoms with Gasteiger partial charge in [-0.05, 0) is 53.9 Å². The topological polar surface area (TPSA) is 67.4 Å². The number of rotatable bonds is 4. The Kier molecular flexibility index (Phi) is 4.82. The Morgan fingerprint density at radius 1 is 1.47 bits per heavy atom. The van der Waals surface area contributed by atoms with Crippen molar-refractivity contribution in [1.82, 2.24) is 10.6 Å². The Labute approximate surface area is 115 Å². The number of nitrogens with one attached hydrogen (secondary N) is 2. The molecule has 1 aliphatic heterocycles. The van der Waals surface area contributed by atoms with Crippen LogP contribution in [0, 0.1) is 5.92 Å². The molecule has 2 N–H and O–H groups in total. The fourth-order valence-electron chi connectivity index (χ4n) is 2.28. The number of carbonyl (C=O) groups excluding carboxylic acids is 2. The second-order valence-corrected chi connectivity index (χ2v) is 6.85. The maximum Gasteiger partial charge on any atom is 0.407 e. The molecule has 5 heteroatoms. The van der Waals surface area contributed by atoms with Gasteiger partial charge in [0.15, 0.2) is 0 Å². The molecule has 0 aliphatic carbocycles. The summed E-state index contributed by atoms with van der Waals surface area (Å²) in [5, 5.41) is 5.68. The molecule has 1 saturated heterocycles. The lowest BCUT2D eigenvalue weighted by atomic mass is 9.93. The zero-order chi connectivity index (χ0) is 14.7. The van der Waals surface area contributed by atoms with Gasteiger partial charge in [0, 0.05) is 18.0 Å². The van der Waals surface area contributed by atoms with Gasteiger partial charge in [-0.2, -0.15) is 0 Å². The van der Waals surface area contributed by atoms with Crippen molar-refractivity contribution in [2.24, 2.45) is 5.92 Å². The molecular weight excluding hydrogens is 244 g/mol. The van der Waals surface area contributed by atoms with Crippen LogP contribution in [0.4, 0.5) is 4.79 Å². The van der Waals surface area contributed by atoms with E-state index in [-0.39, 0.29) is 17.4 Å². The highest BCUT2D eigenvalue weighted by Crippen LogP contribution is 2.27. The lowest BCUT2D eigenvalue weighted by molar-refractivity contribution is -0.123. The van der Waals surface area contributed by atoms with Crippen molar-refractivity contribution in [2.45, 2.75) is 65.0 Å². The Bertz CT molecular complexity index is 345. The molecule has 1 heterocycles. The SMILES string of the molecule is CC1(C)C[C@H](CCCNC(=O)OC(C)(C)C)C(=O)N1. The minimum absolute atomic E-state index is 0.0652. The molecule has 1 fully saturated rings. The number of ether oxygens (including phenoxy) is 1. The fraction of sp³-hybridized carbons (Fsp3) is 0.857. The van der Waals surface area contributed by atoms with Gasteiger partial charge >= 0.3 is 6.09 Å². The molecule has 0 bridgehead atoms. The van der Waals surface area contributed by atoms with E-state index < -0.39 is 11.7 Å². The molecule has 0 radical (unpaired) electrons. The van der Waals surface area contributed by atoms with Crippen LogP contribution in [0.5, 0.6) is 0 Å². The van der Waals surface area contributed by atoms with Crippen LogP contribution in [-0.2, 0) is 9.53 Å². The van der Waals surface area contributed by atoms with E-state index in [0.717, 1.165) is 19.3 Å². The first-order chi connectivity index (χ1) is 8.59. The maximum atomic E-state index is 11.7. The lowest BCUT2D eigenvalue weighted by Crippen LogP contribution is -2.34. The van der Waals surface area contributed by atoms with Crippen LogP contribution in [0.25, 0.3) is 0 Å². The third-order valence-corrected chi connectivity index (χ3v) is 2.99. The predicted octanol–water partition coefficient (Wildman–Crippen LogP) is 2.21. The Morgan fingerprint density at radius 2 is 2.11 bits per heavy atom. The molecule has 0 aromatic rings. The summed E-state index contributed by atoms with van der Waals surface area (Å²) in [4.78, 5) is 23.1. The van der Waals surface area contributed by atoms with Crippen molar-refractivity contribution in [3.05, 3.63) is 0 Å². The predicted molar refractivity (Wildman–Crippen MR) is 73.8 cm³/mol. The van der Waals surface area contributed by atoms with Gasteiger partial charge in [0.1, 0.15) is 5.60 Å². The first kappa shape index (κ1) is 15.8. The van der Waals surface area contributed by atoms with Crippen LogP contribution in [0.3, 0.4) is 0 Å². The second kappa shape index (κ2) is 5.80. The Balaban J connectivity index is 2.18. The molecule has 19 heavy (non-hydrogen) atoms. The van der Waals surface area contributed by atoms with Crippen LogP contribution in [0.2, 0.25) is 0 Å². The summed E-state index contributed by atoms with van der Waals surface area (Å²) in [6.07, 6.45) is 2.04. The van der Waals surface area contributed by atoms with E-state index in [1.807, 2.05) is 34.6 Å². The monoisotopic (exact) mass is 270 g/mol. The number of hydrogen-bond acceptors (Lipinski definition) is 3. The van der Waals surface area contributed by atoms with Crippen molar-refractivity contribution in [1.29, 1.82) is 0 Å². The highest BCUT2D eigenvalue weighted by Gasteiger charge is 2.36. The van der Waals surface area contributed by atoms with Gasteiger partial charge < -0.3 is 15.4 Å². The third kappa shape index (κ3) is 5.94. The Hall–Kier alpha value is -1.26. The molecule has 110 valence electrons. The van der Waals surface area contributed by atoms with Crippen LogP contribution >= 0.6 is 0 Å². The molecule has 0 unspecified atom stereocenters. The highest BCUT2D eigenvalue weighted by molar-refractivity contribution is 5.81. The zero-order valence-corrected chi connectivity index (χ0v) is 12.6. The normalized spacial score (nSPS) is 21.9. The van der Waals surface area contributed by atoms with Crippen molar-refractivity contribution < 1.29 is 14.3 Å². The maximum absolute atomic E-state index is 11.7. The number of carbonyl (C=O) groups is 2. The van der Waals surface area contributed by atoms with E-state index >= 15 is 0 Å². The molecule has 1 rings (SSSR count). The minimum Gasteiger partial charge on any atom is -0.444 e. The first-order valence-corrected chi connectivity index (χ1v) is 6.88. The zero-order valence-electron chi connectivity index (χ0n) is 12.6. The van der Waals surface area contributed by atoms with Gasteiger partial charge in [-0.1, -0.05) is 0 Å². The van der Waals surface area contributed by atoms with E-state index in [1.54, 1.807) is 0 Å². The second-order valence-electron chi connectivity index (χ2n) is 6.85. The van der Waals surface area contributed by atoms with Crippen LogP contribution < -0.4 is 10.6 Å². The summed E-state index contributed by atoms with van der Waals surface area (Å²) < 4.78 is 5.13. The average molecular weight is 270 g/mol. The molecule has 5 nitrogen and oxygen atoms in total. The number of amides is 2. The fourth-order valence-corrected chi connectivity index (χ4v) is 2.28. The van der Waals surface area contributed by atoms with Crippen molar-refractivity contribution in [3.63, 3.8) is 0 Å². The van der Waals surface area contributed by atoms with E-state index in [9.17, 15) is 9.59 Å². The Morgan fingerprint density at radius 3 is 2.58 bits per heavy atom. The van der Waals surface area contributed by atoms with Gasteiger partial charge in [-0.15, -0.1) is 0 Å². The first-order valence-electron chi connectivity index (χ1n) is 6.88. The lowest BCUT2D eigenvalue weighted by Gasteiger charge is -2.19. The largest absolute Gasteiger partial charge is 0.444 e. The molecular formula is C14H26N2O3. The van der Waals surface area contributed by atoms with Gasteiger partial charge in [0.25, 0.3) is 0 Å². The van der Waals surface area contributed by atoms with Crippen molar-refractivity contribution in [2.75, 3.05) is 6.54 Å². The van der Waals surface area contributed by atoms with Crippen molar-refractivity contribution >= 4 is 12.0 Å². The number of hydrogen-bond donors (Lipinski definition) is 2. The third-order valence-electron chi connectivity index (χ3n) is 2.99. The highest BCUT2D eigenvalue weighted by atomic mass is 16.6. The summed E-state index contributed by atoms with van der Waals surface area (Å²) in [7, 11) is 0. The molecule has 0 aromatic heterocycles. The number of alkyl carbamates (subject to hydrolysis) is 1. The van der Waals surface area contributed by atoms with Gasteiger partial charge in [0.2, 0.25) is 5.91 Å². The van der Waals surface area contributed by atoms with Gasteiger partial charge in [-0.25, -0.2) is 4.79 Å². The average Bonchev–Trinajstić information content (AvgIpc) is 2.44. The molecule has 0 spiro atoms. The summed E-state index contributed by atoms with van der Waals surface area (Å²) in [5.41, 5.74) is -0.570. The van der Waals surface area contributed by atoms with E-state index in [4.69, 9.17) is 4.74 Å². The molecule has 0 aromatic carbocycles. The summed E-state index contributed by atoms with van der Waals surface area (Å²) in [5.74, 6) is 0.192. The molecule has 2 amide bonds. The molecule has 0 saturated carbocycles. The van der Waals surface area contributed by atoms with E-state index in [0.29, 0.717) is 6.54 Å². The summed E-state index contributed by atoms with van der Waals surface area (Å²) in [6.45, 7) is 10.1. The van der Waals surface area contributed by atoms with Gasteiger partial charge in [0.05, 0.1) is 0 Å². The summed E-state index contributed by atoms with van der Waals surface area (Å²) in [6, 6.07) is 0. The van der Waals surface area contributed by atoms with Crippen LogP contribution in [0.1, 0.15) is 53.9 Å². The van der Waals surface area contributed by atoms with Gasteiger partial charge in [-0.3, -0.25) is 4.79 Å². The standard InChI is InChI=1S/C14H26N2O3/c1-13(2,3)19-12(18)15-8-6-7-10-9-14(4,5)16-11(10)17/h10H,6-9H2,1-5H3,(H,15,18)(H,16,17)/t10-/m0/s1. The van der Waals surface area contributed by atoms with Crippen LogP contribution in [0.15, 0.2) is 0 Å². The van der Waals surface area contributed by atoms with E-state index in [2.05, 4.69) is 10.6 Å².